The first kappa shape index (κ1) is 16.0. The van der Waals surface area contributed by atoms with Crippen LogP contribution < -0.4 is 5.56 Å². The van der Waals surface area contributed by atoms with Gasteiger partial charge in [-0.25, -0.2) is 14.5 Å². The molecule has 0 aliphatic rings. The third kappa shape index (κ3) is 2.75. The van der Waals surface area contributed by atoms with Gasteiger partial charge >= 0.3 is 6.18 Å². The Bertz CT molecular complexity index is 1110. The highest BCUT2D eigenvalue weighted by molar-refractivity contribution is 7.12. The van der Waals surface area contributed by atoms with Gasteiger partial charge in [0.1, 0.15) is 0 Å². The molecule has 0 amide bonds. The molecule has 4 nitrogen and oxygen atoms in total. The molecule has 0 radical (unpaired) electrons. The first-order valence-electron chi connectivity index (χ1n) is 7.02. The van der Waals surface area contributed by atoms with Gasteiger partial charge in [-0.15, -0.1) is 22.7 Å². The third-order valence-electron chi connectivity index (χ3n) is 3.52. The van der Waals surface area contributed by atoms with Gasteiger partial charge in [0.15, 0.2) is 5.13 Å². The lowest BCUT2D eigenvalue weighted by atomic mass is 10.2. The zero-order valence-electron chi connectivity index (χ0n) is 12.3. The highest BCUT2D eigenvalue weighted by Crippen LogP contribution is 2.32. The van der Waals surface area contributed by atoms with Crippen molar-refractivity contribution in [1.82, 2.24) is 14.5 Å². The molecule has 3 heterocycles. The first-order valence-corrected chi connectivity index (χ1v) is 8.85. The van der Waals surface area contributed by atoms with E-state index >= 15 is 0 Å². The maximum Gasteiger partial charge on any atom is 0.450 e. The van der Waals surface area contributed by atoms with Crippen LogP contribution in [0.25, 0.3) is 27.3 Å². The van der Waals surface area contributed by atoms with E-state index in [0.29, 0.717) is 10.3 Å². The van der Waals surface area contributed by atoms with Gasteiger partial charge in [0.05, 0.1) is 16.6 Å². The van der Waals surface area contributed by atoms with E-state index in [1.54, 1.807) is 29.6 Å². The van der Waals surface area contributed by atoms with Crippen LogP contribution in [0.2, 0.25) is 0 Å². The molecular formula is C16H8F3N3OS2. The predicted octanol–water partition coefficient (Wildman–Crippen LogP) is 4.59. The second-order valence-corrected chi connectivity index (χ2v) is 6.71. The fraction of sp³-hybridized carbons (Fsp3) is 0.0625. The molecule has 0 saturated carbocycles. The lowest BCUT2D eigenvalue weighted by Gasteiger charge is -2.12. The number of hydrogen-bond acceptors (Lipinski definition) is 5. The minimum atomic E-state index is -4.77. The van der Waals surface area contributed by atoms with E-state index in [0.717, 1.165) is 28.2 Å². The number of nitrogens with zero attached hydrogens (tertiary/aromatic N) is 3. The van der Waals surface area contributed by atoms with Crippen molar-refractivity contribution in [3.05, 3.63) is 62.7 Å². The Hall–Kier alpha value is -2.52. The van der Waals surface area contributed by atoms with Crippen molar-refractivity contribution in [3.63, 3.8) is 0 Å². The van der Waals surface area contributed by atoms with Crippen LogP contribution in [0.15, 0.2) is 51.3 Å². The molecule has 4 rings (SSSR count). The zero-order chi connectivity index (χ0) is 17.6. The van der Waals surface area contributed by atoms with E-state index in [9.17, 15) is 18.0 Å². The van der Waals surface area contributed by atoms with Crippen molar-refractivity contribution >= 4 is 33.6 Å². The summed E-state index contributed by atoms with van der Waals surface area (Å²) in [5, 5.41) is 4.63. The number of aromatic nitrogens is 3. The molecule has 0 aliphatic carbocycles. The van der Waals surface area contributed by atoms with Crippen molar-refractivity contribution in [2.24, 2.45) is 0 Å². The summed E-state index contributed by atoms with van der Waals surface area (Å²) in [5.74, 6) is -1.27. The molecule has 0 fully saturated rings. The van der Waals surface area contributed by atoms with Gasteiger partial charge in [0.2, 0.25) is 5.82 Å². The van der Waals surface area contributed by atoms with Crippen LogP contribution >= 0.6 is 22.7 Å². The van der Waals surface area contributed by atoms with E-state index in [4.69, 9.17) is 0 Å². The van der Waals surface area contributed by atoms with E-state index in [1.165, 1.54) is 10.8 Å². The Balaban J connectivity index is 1.96. The third-order valence-corrected chi connectivity index (χ3v) is 5.08. The van der Waals surface area contributed by atoms with Crippen molar-refractivity contribution in [3.8, 4) is 16.4 Å². The summed E-state index contributed by atoms with van der Waals surface area (Å²) < 4.78 is 40.9. The van der Waals surface area contributed by atoms with Crippen LogP contribution in [0.5, 0.6) is 0 Å². The highest BCUT2D eigenvalue weighted by Gasteiger charge is 2.38. The fourth-order valence-corrected chi connectivity index (χ4v) is 3.96. The number of hydrogen-bond donors (Lipinski definition) is 0. The van der Waals surface area contributed by atoms with Crippen LogP contribution in [-0.2, 0) is 6.18 Å². The molecule has 25 heavy (non-hydrogen) atoms. The second kappa shape index (κ2) is 5.78. The smallest absolute Gasteiger partial charge is 0.268 e. The van der Waals surface area contributed by atoms with E-state index in [1.807, 2.05) is 6.07 Å². The molecular weight excluding hydrogens is 371 g/mol. The predicted molar refractivity (Wildman–Crippen MR) is 91.3 cm³/mol. The van der Waals surface area contributed by atoms with Crippen LogP contribution in [0, 0.1) is 0 Å². The van der Waals surface area contributed by atoms with Crippen molar-refractivity contribution in [1.29, 1.82) is 0 Å². The molecule has 126 valence electrons. The van der Waals surface area contributed by atoms with Crippen LogP contribution in [0.3, 0.4) is 0 Å². The molecule has 9 heteroatoms. The number of fused-ring (bicyclic) bond motifs is 1. The standard InChI is InChI=1S/C16H8F3N3OS2/c17-16(18,19)14-20-12-7-24-6-10(12)13(23)22(14)15-21-11(8-25-15)9-4-2-1-3-5-9/h1-8H. The lowest BCUT2D eigenvalue weighted by molar-refractivity contribution is -0.146. The zero-order valence-corrected chi connectivity index (χ0v) is 14.0. The van der Waals surface area contributed by atoms with Gasteiger partial charge in [0, 0.05) is 21.7 Å². The van der Waals surface area contributed by atoms with Gasteiger partial charge in [-0.1, -0.05) is 30.3 Å². The monoisotopic (exact) mass is 379 g/mol. The quantitative estimate of drug-likeness (QED) is 0.512. The summed E-state index contributed by atoms with van der Waals surface area (Å²) in [7, 11) is 0. The van der Waals surface area contributed by atoms with E-state index < -0.39 is 17.6 Å². The summed E-state index contributed by atoms with van der Waals surface area (Å²) in [6.07, 6.45) is -4.77. The molecule has 3 aromatic heterocycles. The van der Waals surface area contributed by atoms with Crippen molar-refractivity contribution in [2.75, 3.05) is 0 Å². The molecule has 0 spiro atoms. The summed E-state index contributed by atoms with van der Waals surface area (Å²) in [4.78, 5) is 20.5. The number of alkyl halides is 3. The number of halogens is 3. The molecule has 0 N–H and O–H groups in total. The minimum absolute atomic E-state index is 0.0402. The van der Waals surface area contributed by atoms with Gasteiger partial charge in [-0.2, -0.15) is 13.2 Å². The molecule has 0 saturated heterocycles. The Morgan fingerprint density at radius 1 is 1.00 bits per heavy atom. The van der Waals surface area contributed by atoms with Crippen molar-refractivity contribution < 1.29 is 13.2 Å². The van der Waals surface area contributed by atoms with Gasteiger partial charge < -0.3 is 0 Å². The summed E-state index contributed by atoms with van der Waals surface area (Å²) in [5.41, 5.74) is 0.535. The summed E-state index contributed by atoms with van der Waals surface area (Å²) >= 11 is 2.10. The van der Waals surface area contributed by atoms with Crippen molar-refractivity contribution in [2.45, 2.75) is 6.18 Å². The fourth-order valence-electron chi connectivity index (χ4n) is 2.39. The highest BCUT2D eigenvalue weighted by atomic mass is 32.1. The Kier molecular flexibility index (Phi) is 3.69. The number of thiophene rings is 1. The van der Waals surface area contributed by atoms with Gasteiger partial charge in [-0.05, 0) is 0 Å². The molecule has 1 aromatic carbocycles. The Labute approximate surface area is 146 Å². The molecule has 0 unspecified atom stereocenters. The largest absolute Gasteiger partial charge is 0.450 e. The SMILES string of the molecule is O=c1c2cscc2nc(C(F)(F)F)n1-c1nc(-c2ccccc2)cs1. The number of rotatable bonds is 2. The molecule has 0 bridgehead atoms. The maximum absolute atomic E-state index is 13.4. The molecule has 4 aromatic rings. The van der Waals surface area contributed by atoms with Crippen LogP contribution in [0.4, 0.5) is 13.2 Å². The minimum Gasteiger partial charge on any atom is -0.268 e. The number of benzene rings is 1. The van der Waals surface area contributed by atoms with Gasteiger partial charge in [-0.3, -0.25) is 4.79 Å². The average molecular weight is 379 g/mol. The summed E-state index contributed by atoms with van der Waals surface area (Å²) in [6, 6.07) is 9.04. The van der Waals surface area contributed by atoms with Crippen LogP contribution in [-0.4, -0.2) is 14.5 Å². The second-order valence-electron chi connectivity index (χ2n) is 5.13. The topological polar surface area (TPSA) is 47.8 Å². The van der Waals surface area contributed by atoms with E-state index in [2.05, 4.69) is 9.97 Å². The van der Waals surface area contributed by atoms with E-state index in [-0.39, 0.29) is 16.0 Å². The number of thiazole rings is 1. The molecule has 0 atom stereocenters. The van der Waals surface area contributed by atoms with Gasteiger partial charge in [0.25, 0.3) is 5.56 Å². The first-order chi connectivity index (χ1) is 11.9. The Morgan fingerprint density at radius 2 is 1.76 bits per heavy atom. The lowest BCUT2D eigenvalue weighted by Crippen LogP contribution is -2.28. The summed E-state index contributed by atoms with van der Waals surface area (Å²) in [6.45, 7) is 0. The Morgan fingerprint density at radius 3 is 2.48 bits per heavy atom. The maximum atomic E-state index is 13.4. The normalized spacial score (nSPS) is 12.0. The average Bonchev–Trinajstić information content (AvgIpc) is 3.24. The van der Waals surface area contributed by atoms with Crippen LogP contribution in [0.1, 0.15) is 5.82 Å². The molecule has 0 aliphatic heterocycles.